The van der Waals surface area contributed by atoms with E-state index >= 15 is 0 Å². The van der Waals surface area contributed by atoms with Gasteiger partial charge in [0.1, 0.15) is 0 Å². The minimum atomic E-state index is -0.587. The summed E-state index contributed by atoms with van der Waals surface area (Å²) in [7, 11) is 1.26. The summed E-state index contributed by atoms with van der Waals surface area (Å²) in [6.07, 6.45) is 4.23. The summed E-state index contributed by atoms with van der Waals surface area (Å²) in [6.45, 7) is 0. The van der Waals surface area contributed by atoms with Crippen molar-refractivity contribution in [3.63, 3.8) is 0 Å². The highest BCUT2D eigenvalue weighted by Gasteiger charge is 2.14. The van der Waals surface area contributed by atoms with Crippen LogP contribution < -0.4 is 0 Å². The van der Waals surface area contributed by atoms with Gasteiger partial charge in [0.25, 0.3) is 0 Å². The Morgan fingerprint density at radius 3 is 2.79 bits per heavy atom. The van der Waals surface area contributed by atoms with E-state index < -0.39 is 5.97 Å². The van der Waals surface area contributed by atoms with Gasteiger partial charge in [-0.25, -0.2) is 4.79 Å². The minimum absolute atomic E-state index is 0.0655. The maximum Gasteiger partial charge on any atom is 0.374 e. The second kappa shape index (κ2) is 5.86. The van der Waals surface area contributed by atoms with Crippen LogP contribution in [0.15, 0.2) is 35.0 Å². The predicted octanol–water partition coefficient (Wildman–Crippen LogP) is 3.68. The standard InChI is InChI=1S/C13H9ClO4S/c1-17-13(16)12-8(6-7-18-12)2-3-9(15)10-4-5-11(14)19-10/h2-7H,1H3. The van der Waals surface area contributed by atoms with Crippen molar-refractivity contribution >= 4 is 40.8 Å². The van der Waals surface area contributed by atoms with E-state index in [9.17, 15) is 9.59 Å². The Hall–Kier alpha value is -1.85. The van der Waals surface area contributed by atoms with Crippen LogP contribution in [0.4, 0.5) is 0 Å². The van der Waals surface area contributed by atoms with Crippen LogP contribution in [0.5, 0.6) is 0 Å². The van der Waals surface area contributed by atoms with Gasteiger partial charge >= 0.3 is 5.97 Å². The molecule has 98 valence electrons. The molecule has 2 aromatic rings. The van der Waals surface area contributed by atoms with E-state index in [-0.39, 0.29) is 11.5 Å². The molecule has 2 rings (SSSR count). The van der Waals surface area contributed by atoms with Gasteiger partial charge < -0.3 is 9.15 Å². The molecule has 6 heteroatoms. The number of carbonyl (C=O) groups excluding carboxylic acids is 2. The fourth-order valence-corrected chi connectivity index (χ4v) is 2.37. The molecular formula is C13H9ClO4S. The van der Waals surface area contributed by atoms with Gasteiger partial charge in [-0.1, -0.05) is 11.6 Å². The van der Waals surface area contributed by atoms with Gasteiger partial charge in [0.15, 0.2) is 5.78 Å². The number of hydrogen-bond acceptors (Lipinski definition) is 5. The van der Waals surface area contributed by atoms with Crippen molar-refractivity contribution in [2.24, 2.45) is 0 Å². The molecule has 0 atom stereocenters. The van der Waals surface area contributed by atoms with Crippen molar-refractivity contribution in [1.82, 2.24) is 0 Å². The largest absolute Gasteiger partial charge is 0.463 e. The van der Waals surface area contributed by atoms with Gasteiger partial charge in [0.2, 0.25) is 5.76 Å². The lowest BCUT2D eigenvalue weighted by molar-refractivity contribution is 0.0564. The third-order valence-corrected chi connectivity index (χ3v) is 3.54. The smallest absolute Gasteiger partial charge is 0.374 e. The first kappa shape index (κ1) is 13.6. The topological polar surface area (TPSA) is 56.5 Å². The summed E-state index contributed by atoms with van der Waals surface area (Å²) in [5.41, 5.74) is 0.489. The number of hydrogen-bond donors (Lipinski definition) is 0. The summed E-state index contributed by atoms with van der Waals surface area (Å²) in [5, 5.41) is 0. The molecule has 0 aromatic carbocycles. The predicted molar refractivity (Wildman–Crippen MR) is 72.7 cm³/mol. The molecule has 0 radical (unpaired) electrons. The van der Waals surface area contributed by atoms with Crippen molar-refractivity contribution in [1.29, 1.82) is 0 Å². The Balaban J connectivity index is 2.17. The molecule has 0 fully saturated rings. The number of carbonyl (C=O) groups is 2. The molecule has 0 spiro atoms. The highest BCUT2D eigenvalue weighted by molar-refractivity contribution is 7.18. The Labute approximate surface area is 118 Å². The van der Waals surface area contributed by atoms with Crippen molar-refractivity contribution in [3.05, 3.63) is 51.1 Å². The van der Waals surface area contributed by atoms with E-state index in [1.165, 1.54) is 36.9 Å². The summed E-state index contributed by atoms with van der Waals surface area (Å²) in [4.78, 5) is 23.7. The fraction of sp³-hybridized carbons (Fsp3) is 0.0769. The molecule has 0 unspecified atom stereocenters. The summed E-state index contributed by atoms with van der Waals surface area (Å²) >= 11 is 6.95. The lowest BCUT2D eigenvalue weighted by atomic mass is 10.2. The van der Waals surface area contributed by atoms with E-state index in [1.807, 2.05) is 0 Å². The van der Waals surface area contributed by atoms with E-state index in [2.05, 4.69) is 4.74 Å². The highest BCUT2D eigenvalue weighted by atomic mass is 35.5. The van der Waals surface area contributed by atoms with Gasteiger partial charge in [-0.3, -0.25) is 4.79 Å². The van der Waals surface area contributed by atoms with Crippen molar-refractivity contribution in [2.45, 2.75) is 0 Å². The second-order valence-corrected chi connectivity index (χ2v) is 5.21. The van der Waals surface area contributed by atoms with Crippen LogP contribution in [0.3, 0.4) is 0 Å². The monoisotopic (exact) mass is 296 g/mol. The number of allylic oxidation sites excluding steroid dienone is 1. The van der Waals surface area contributed by atoms with Crippen molar-refractivity contribution in [3.8, 4) is 0 Å². The maximum absolute atomic E-state index is 11.8. The number of rotatable bonds is 4. The van der Waals surface area contributed by atoms with Gasteiger partial charge in [-0.15, -0.1) is 11.3 Å². The fourth-order valence-electron chi connectivity index (χ4n) is 1.40. The Morgan fingerprint density at radius 1 is 1.37 bits per heavy atom. The molecule has 0 aliphatic heterocycles. The van der Waals surface area contributed by atoms with Crippen LogP contribution in [0, 0.1) is 0 Å². The van der Waals surface area contributed by atoms with Crippen molar-refractivity contribution in [2.75, 3.05) is 7.11 Å². The van der Waals surface area contributed by atoms with Crippen LogP contribution in [0.1, 0.15) is 25.8 Å². The van der Waals surface area contributed by atoms with Crippen LogP contribution in [-0.2, 0) is 4.74 Å². The summed E-state index contributed by atoms with van der Waals surface area (Å²) in [5.74, 6) is -0.707. The molecule has 19 heavy (non-hydrogen) atoms. The number of ether oxygens (including phenoxy) is 1. The molecule has 0 amide bonds. The normalized spacial score (nSPS) is 10.8. The van der Waals surface area contributed by atoms with E-state index in [0.29, 0.717) is 14.8 Å². The van der Waals surface area contributed by atoms with Gasteiger partial charge in [0.05, 0.1) is 22.6 Å². The lowest BCUT2D eigenvalue weighted by Crippen LogP contribution is -2.01. The molecule has 0 aliphatic carbocycles. The number of ketones is 1. The van der Waals surface area contributed by atoms with Crippen LogP contribution >= 0.6 is 22.9 Å². The minimum Gasteiger partial charge on any atom is -0.463 e. The number of methoxy groups -OCH3 is 1. The van der Waals surface area contributed by atoms with Crippen LogP contribution in [0.2, 0.25) is 4.34 Å². The van der Waals surface area contributed by atoms with E-state index in [0.717, 1.165) is 0 Å². The van der Waals surface area contributed by atoms with Crippen LogP contribution in [-0.4, -0.2) is 18.9 Å². The van der Waals surface area contributed by atoms with E-state index in [1.54, 1.807) is 18.2 Å². The third kappa shape index (κ3) is 3.13. The zero-order valence-electron chi connectivity index (χ0n) is 9.88. The number of esters is 1. The molecule has 0 bridgehead atoms. The average Bonchev–Trinajstić information content (AvgIpc) is 3.03. The highest BCUT2D eigenvalue weighted by Crippen LogP contribution is 2.22. The first-order valence-electron chi connectivity index (χ1n) is 5.25. The maximum atomic E-state index is 11.8. The Morgan fingerprint density at radius 2 is 2.16 bits per heavy atom. The zero-order chi connectivity index (χ0) is 13.8. The quantitative estimate of drug-likeness (QED) is 0.490. The molecule has 2 heterocycles. The SMILES string of the molecule is COC(=O)c1occc1C=CC(=O)c1ccc(Cl)s1. The first-order valence-corrected chi connectivity index (χ1v) is 6.45. The van der Waals surface area contributed by atoms with Crippen LogP contribution in [0.25, 0.3) is 6.08 Å². The molecule has 0 aliphatic rings. The zero-order valence-corrected chi connectivity index (χ0v) is 11.5. The molecule has 2 aromatic heterocycles. The molecule has 0 N–H and O–H groups in total. The number of halogens is 1. The number of furan rings is 1. The van der Waals surface area contributed by atoms with E-state index in [4.69, 9.17) is 16.0 Å². The summed E-state index contributed by atoms with van der Waals surface area (Å²) < 4.78 is 10.1. The second-order valence-electron chi connectivity index (χ2n) is 3.50. The van der Waals surface area contributed by atoms with Gasteiger partial charge in [-0.2, -0.15) is 0 Å². The molecular weight excluding hydrogens is 288 g/mol. The molecule has 0 saturated heterocycles. The Kier molecular flexibility index (Phi) is 4.19. The van der Waals surface area contributed by atoms with Crippen molar-refractivity contribution < 1.29 is 18.7 Å². The number of thiophene rings is 1. The molecule has 4 nitrogen and oxygen atoms in total. The lowest BCUT2D eigenvalue weighted by Gasteiger charge is -1.95. The van der Waals surface area contributed by atoms with Gasteiger partial charge in [0, 0.05) is 5.56 Å². The first-order chi connectivity index (χ1) is 9.11. The Bertz CT molecular complexity index is 639. The molecule has 0 saturated carbocycles. The third-order valence-electron chi connectivity index (χ3n) is 2.30. The van der Waals surface area contributed by atoms with Gasteiger partial charge in [-0.05, 0) is 30.4 Å². The average molecular weight is 297 g/mol. The summed E-state index contributed by atoms with van der Waals surface area (Å²) in [6, 6.07) is 4.89.